The zero-order valence-electron chi connectivity index (χ0n) is 9.90. The molecule has 1 aliphatic carbocycles. The second-order valence-corrected chi connectivity index (χ2v) is 4.54. The van der Waals surface area contributed by atoms with Crippen LogP contribution in [0.25, 0.3) is 11.4 Å². The second kappa shape index (κ2) is 3.84. The number of rotatable bonds is 1. The minimum Gasteiger partial charge on any atom is -0.398 e. The number of nitrogens with two attached hydrogens (primary N) is 1. The van der Waals surface area contributed by atoms with Crippen molar-refractivity contribution in [3.63, 3.8) is 0 Å². The van der Waals surface area contributed by atoms with Gasteiger partial charge in [-0.3, -0.25) is 0 Å². The molecular formula is C14H15N3. The molecule has 86 valence electrons. The van der Waals surface area contributed by atoms with Gasteiger partial charge in [-0.25, -0.2) is 9.97 Å². The number of benzene rings is 1. The van der Waals surface area contributed by atoms with E-state index in [9.17, 15) is 0 Å². The van der Waals surface area contributed by atoms with Crippen LogP contribution in [0.3, 0.4) is 0 Å². The molecule has 0 saturated heterocycles. The van der Waals surface area contributed by atoms with E-state index in [4.69, 9.17) is 5.73 Å². The standard InChI is InChI=1S/C14H15N3/c1-9-11(5-3-6-12(9)15)14-16-8-10-4-2-7-13(10)17-14/h3,5-6,8H,2,4,7,15H2,1H3. The van der Waals surface area contributed by atoms with Crippen LogP contribution in [0.4, 0.5) is 5.69 Å². The van der Waals surface area contributed by atoms with Gasteiger partial charge in [-0.15, -0.1) is 0 Å². The van der Waals surface area contributed by atoms with Crippen molar-refractivity contribution in [1.82, 2.24) is 9.97 Å². The molecule has 3 heteroatoms. The highest BCUT2D eigenvalue weighted by atomic mass is 14.9. The second-order valence-electron chi connectivity index (χ2n) is 4.54. The van der Waals surface area contributed by atoms with E-state index >= 15 is 0 Å². The normalized spacial score (nSPS) is 13.7. The molecular weight excluding hydrogens is 210 g/mol. The predicted octanol–water partition coefficient (Wildman–Crippen LogP) is 2.52. The van der Waals surface area contributed by atoms with Gasteiger partial charge in [0.15, 0.2) is 5.82 Å². The number of hydrogen-bond donors (Lipinski definition) is 1. The summed E-state index contributed by atoms with van der Waals surface area (Å²) in [6.07, 6.45) is 5.36. The minimum absolute atomic E-state index is 0.798. The molecule has 17 heavy (non-hydrogen) atoms. The van der Waals surface area contributed by atoms with E-state index in [-0.39, 0.29) is 0 Å². The largest absolute Gasteiger partial charge is 0.398 e. The highest BCUT2D eigenvalue weighted by molar-refractivity contribution is 5.67. The van der Waals surface area contributed by atoms with E-state index < -0.39 is 0 Å². The zero-order chi connectivity index (χ0) is 11.8. The molecule has 1 aromatic heterocycles. The Hall–Kier alpha value is -1.90. The molecule has 1 aromatic carbocycles. The third kappa shape index (κ3) is 1.68. The van der Waals surface area contributed by atoms with Gasteiger partial charge in [0, 0.05) is 23.1 Å². The van der Waals surface area contributed by atoms with Crippen molar-refractivity contribution in [1.29, 1.82) is 0 Å². The molecule has 0 atom stereocenters. The Morgan fingerprint density at radius 2 is 2.12 bits per heavy atom. The summed E-state index contributed by atoms with van der Waals surface area (Å²) >= 11 is 0. The number of hydrogen-bond acceptors (Lipinski definition) is 3. The van der Waals surface area contributed by atoms with Gasteiger partial charge in [-0.1, -0.05) is 12.1 Å². The first kappa shape index (κ1) is 10.3. The van der Waals surface area contributed by atoms with Crippen molar-refractivity contribution >= 4 is 5.69 Å². The quantitative estimate of drug-likeness (QED) is 0.759. The van der Waals surface area contributed by atoms with Crippen molar-refractivity contribution in [3.8, 4) is 11.4 Å². The van der Waals surface area contributed by atoms with Crippen molar-refractivity contribution < 1.29 is 0 Å². The maximum Gasteiger partial charge on any atom is 0.159 e. The lowest BCUT2D eigenvalue weighted by molar-refractivity contribution is 0.900. The monoisotopic (exact) mass is 225 g/mol. The maximum absolute atomic E-state index is 5.92. The smallest absolute Gasteiger partial charge is 0.159 e. The van der Waals surface area contributed by atoms with Crippen LogP contribution >= 0.6 is 0 Å². The molecule has 0 bridgehead atoms. The van der Waals surface area contributed by atoms with Crippen molar-refractivity contribution in [3.05, 3.63) is 41.2 Å². The van der Waals surface area contributed by atoms with Crippen molar-refractivity contribution in [2.75, 3.05) is 5.73 Å². The molecule has 2 N–H and O–H groups in total. The molecule has 0 aliphatic heterocycles. The fourth-order valence-electron chi connectivity index (χ4n) is 2.34. The van der Waals surface area contributed by atoms with Crippen molar-refractivity contribution in [2.45, 2.75) is 26.2 Å². The molecule has 0 amide bonds. The van der Waals surface area contributed by atoms with Crippen LogP contribution in [0.1, 0.15) is 23.2 Å². The van der Waals surface area contributed by atoms with Crippen molar-refractivity contribution in [2.24, 2.45) is 0 Å². The van der Waals surface area contributed by atoms with Gasteiger partial charge in [0.05, 0.1) is 0 Å². The third-order valence-corrected chi connectivity index (χ3v) is 3.43. The average Bonchev–Trinajstić information content (AvgIpc) is 2.79. The molecule has 0 radical (unpaired) electrons. The SMILES string of the molecule is Cc1c(N)cccc1-c1ncc2c(n1)CCC2. The Morgan fingerprint density at radius 1 is 1.24 bits per heavy atom. The molecule has 1 heterocycles. The summed E-state index contributed by atoms with van der Waals surface area (Å²) in [7, 11) is 0. The predicted molar refractivity (Wildman–Crippen MR) is 68.6 cm³/mol. The van der Waals surface area contributed by atoms with E-state index in [1.165, 1.54) is 17.7 Å². The highest BCUT2D eigenvalue weighted by Crippen LogP contribution is 2.26. The summed E-state index contributed by atoms with van der Waals surface area (Å²) in [5.41, 5.74) is 11.3. The summed E-state index contributed by atoms with van der Waals surface area (Å²) < 4.78 is 0. The van der Waals surface area contributed by atoms with Gasteiger partial charge in [-0.2, -0.15) is 0 Å². The van der Waals surface area contributed by atoms with E-state index in [1.54, 1.807) is 0 Å². The Balaban J connectivity index is 2.13. The fourth-order valence-corrected chi connectivity index (χ4v) is 2.34. The lowest BCUT2D eigenvalue weighted by Crippen LogP contribution is -1.98. The van der Waals surface area contributed by atoms with Crippen LogP contribution < -0.4 is 5.73 Å². The summed E-state index contributed by atoms with van der Waals surface area (Å²) in [5.74, 6) is 0.801. The van der Waals surface area contributed by atoms with Crippen LogP contribution in [-0.4, -0.2) is 9.97 Å². The summed E-state index contributed by atoms with van der Waals surface area (Å²) in [6, 6.07) is 5.89. The topological polar surface area (TPSA) is 51.8 Å². The summed E-state index contributed by atoms with van der Waals surface area (Å²) in [5, 5.41) is 0. The highest BCUT2D eigenvalue weighted by Gasteiger charge is 2.15. The van der Waals surface area contributed by atoms with Gasteiger partial charge in [0.25, 0.3) is 0 Å². The van der Waals surface area contributed by atoms with E-state index in [0.29, 0.717) is 0 Å². The molecule has 2 aromatic rings. The summed E-state index contributed by atoms with van der Waals surface area (Å²) in [6.45, 7) is 2.02. The Morgan fingerprint density at radius 3 is 3.00 bits per heavy atom. The zero-order valence-corrected chi connectivity index (χ0v) is 9.90. The van der Waals surface area contributed by atoms with E-state index in [0.717, 1.165) is 35.5 Å². The lowest BCUT2D eigenvalue weighted by Gasteiger charge is -2.08. The van der Waals surface area contributed by atoms with Crippen LogP contribution in [-0.2, 0) is 12.8 Å². The molecule has 1 aliphatic rings. The number of fused-ring (bicyclic) bond motifs is 1. The Bertz CT molecular complexity index is 576. The van der Waals surface area contributed by atoms with Gasteiger partial charge in [-0.05, 0) is 43.4 Å². The number of anilines is 1. The Kier molecular flexibility index (Phi) is 2.32. The molecule has 0 unspecified atom stereocenters. The molecule has 3 rings (SSSR count). The minimum atomic E-state index is 0.798. The third-order valence-electron chi connectivity index (χ3n) is 3.43. The lowest BCUT2D eigenvalue weighted by atomic mass is 10.1. The van der Waals surface area contributed by atoms with Crippen LogP contribution in [0.5, 0.6) is 0 Å². The summed E-state index contributed by atoms with van der Waals surface area (Å²) in [4.78, 5) is 9.11. The van der Waals surface area contributed by atoms with Crippen LogP contribution in [0, 0.1) is 6.92 Å². The number of aryl methyl sites for hydroxylation is 2. The molecule has 0 spiro atoms. The number of aromatic nitrogens is 2. The van der Waals surface area contributed by atoms with E-state index in [1.807, 2.05) is 31.3 Å². The van der Waals surface area contributed by atoms with Gasteiger partial charge in [0.1, 0.15) is 0 Å². The maximum atomic E-state index is 5.92. The molecule has 3 nitrogen and oxygen atoms in total. The van der Waals surface area contributed by atoms with Gasteiger partial charge in [0.2, 0.25) is 0 Å². The van der Waals surface area contributed by atoms with Gasteiger partial charge < -0.3 is 5.73 Å². The molecule has 0 fully saturated rings. The van der Waals surface area contributed by atoms with E-state index in [2.05, 4.69) is 9.97 Å². The first-order chi connectivity index (χ1) is 8.25. The first-order valence-electron chi connectivity index (χ1n) is 5.96. The molecule has 0 saturated carbocycles. The van der Waals surface area contributed by atoms with Crippen LogP contribution in [0.15, 0.2) is 24.4 Å². The van der Waals surface area contributed by atoms with Gasteiger partial charge >= 0.3 is 0 Å². The fraction of sp³-hybridized carbons (Fsp3) is 0.286. The first-order valence-corrected chi connectivity index (χ1v) is 5.96. The number of nitrogens with zero attached hydrogens (tertiary/aromatic N) is 2. The number of nitrogen functional groups attached to an aromatic ring is 1. The Labute approximate surface area is 101 Å². The average molecular weight is 225 g/mol. The van der Waals surface area contributed by atoms with Crippen LogP contribution in [0.2, 0.25) is 0 Å².